The van der Waals surface area contributed by atoms with E-state index in [0.717, 1.165) is 28.3 Å². The van der Waals surface area contributed by atoms with Gasteiger partial charge in [0.1, 0.15) is 11.5 Å². The molecular formula is C20H26N2O3S. The SMILES string of the molecule is COCCN(Cc1ccc(OC)cc1)C(=S)Nc1ccc(C)cc1OC. The Morgan fingerprint density at radius 2 is 1.77 bits per heavy atom. The van der Waals surface area contributed by atoms with Crippen molar-refractivity contribution >= 4 is 23.0 Å². The minimum atomic E-state index is 0.586. The van der Waals surface area contributed by atoms with Crippen LogP contribution in [0.4, 0.5) is 5.69 Å². The number of aryl methyl sites for hydroxylation is 1. The van der Waals surface area contributed by atoms with Crippen LogP contribution in [0.1, 0.15) is 11.1 Å². The molecule has 0 aliphatic heterocycles. The average Bonchev–Trinajstić information content (AvgIpc) is 2.66. The lowest BCUT2D eigenvalue weighted by Crippen LogP contribution is -2.36. The fraction of sp³-hybridized carbons (Fsp3) is 0.350. The predicted octanol–water partition coefficient (Wildman–Crippen LogP) is 3.86. The highest BCUT2D eigenvalue weighted by molar-refractivity contribution is 7.80. The number of hydrogen-bond donors (Lipinski definition) is 1. The quantitative estimate of drug-likeness (QED) is 0.708. The standard InChI is InChI=1S/C20H26N2O3S/c1-15-5-10-18(19(13-15)25-4)21-20(26)22(11-12-23-2)14-16-6-8-17(24-3)9-7-16/h5-10,13H,11-12,14H2,1-4H3,(H,21,26). The molecule has 0 aromatic heterocycles. The summed E-state index contributed by atoms with van der Waals surface area (Å²) in [7, 11) is 5.00. The van der Waals surface area contributed by atoms with Crippen LogP contribution in [0.2, 0.25) is 0 Å². The van der Waals surface area contributed by atoms with Crippen molar-refractivity contribution in [2.45, 2.75) is 13.5 Å². The zero-order chi connectivity index (χ0) is 18.9. The van der Waals surface area contributed by atoms with Gasteiger partial charge in [-0.3, -0.25) is 0 Å². The van der Waals surface area contributed by atoms with Gasteiger partial charge in [-0.2, -0.15) is 0 Å². The van der Waals surface area contributed by atoms with Crippen LogP contribution in [0.3, 0.4) is 0 Å². The van der Waals surface area contributed by atoms with Crippen LogP contribution in [0.15, 0.2) is 42.5 Å². The Morgan fingerprint density at radius 3 is 2.38 bits per heavy atom. The number of ether oxygens (including phenoxy) is 3. The van der Waals surface area contributed by atoms with E-state index < -0.39 is 0 Å². The first-order chi connectivity index (χ1) is 12.6. The van der Waals surface area contributed by atoms with Crippen molar-refractivity contribution in [1.29, 1.82) is 0 Å². The third kappa shape index (κ3) is 5.61. The molecule has 0 bridgehead atoms. The molecule has 0 fully saturated rings. The van der Waals surface area contributed by atoms with Gasteiger partial charge in [0.2, 0.25) is 0 Å². The molecule has 0 heterocycles. The van der Waals surface area contributed by atoms with Crippen LogP contribution in [0.5, 0.6) is 11.5 Å². The topological polar surface area (TPSA) is 43.0 Å². The van der Waals surface area contributed by atoms with E-state index in [2.05, 4.69) is 10.2 Å². The molecule has 0 aliphatic carbocycles. The molecule has 2 rings (SSSR count). The van der Waals surface area contributed by atoms with Gasteiger partial charge < -0.3 is 24.4 Å². The Morgan fingerprint density at radius 1 is 1.04 bits per heavy atom. The minimum absolute atomic E-state index is 0.586. The summed E-state index contributed by atoms with van der Waals surface area (Å²) in [5, 5.41) is 3.92. The predicted molar refractivity (Wildman–Crippen MR) is 109 cm³/mol. The molecule has 6 heteroatoms. The molecule has 140 valence electrons. The summed E-state index contributed by atoms with van der Waals surface area (Å²) >= 11 is 5.64. The molecule has 0 radical (unpaired) electrons. The first-order valence-corrected chi connectivity index (χ1v) is 8.80. The van der Waals surface area contributed by atoms with Gasteiger partial charge in [-0.25, -0.2) is 0 Å². The monoisotopic (exact) mass is 374 g/mol. The average molecular weight is 375 g/mol. The Labute approximate surface area is 160 Å². The molecule has 0 saturated carbocycles. The van der Waals surface area contributed by atoms with E-state index in [1.807, 2.05) is 49.4 Å². The van der Waals surface area contributed by atoms with E-state index in [0.29, 0.717) is 24.8 Å². The van der Waals surface area contributed by atoms with E-state index in [1.165, 1.54) is 0 Å². The second kappa shape index (κ2) is 9.99. The lowest BCUT2D eigenvalue weighted by molar-refractivity contribution is 0.175. The maximum atomic E-state index is 5.64. The molecule has 0 aliphatic rings. The maximum absolute atomic E-state index is 5.64. The lowest BCUT2D eigenvalue weighted by Gasteiger charge is -2.26. The van der Waals surface area contributed by atoms with Crippen LogP contribution >= 0.6 is 12.2 Å². The number of anilines is 1. The van der Waals surface area contributed by atoms with E-state index in [9.17, 15) is 0 Å². The highest BCUT2D eigenvalue weighted by atomic mass is 32.1. The van der Waals surface area contributed by atoms with Crippen LogP contribution in [0.25, 0.3) is 0 Å². The van der Waals surface area contributed by atoms with Gasteiger partial charge >= 0.3 is 0 Å². The van der Waals surface area contributed by atoms with Crippen LogP contribution < -0.4 is 14.8 Å². The number of rotatable bonds is 8. The summed E-state index contributed by atoms with van der Waals surface area (Å²) < 4.78 is 15.9. The van der Waals surface area contributed by atoms with E-state index >= 15 is 0 Å². The third-order valence-corrected chi connectivity index (χ3v) is 4.34. The van der Waals surface area contributed by atoms with Crippen LogP contribution in [-0.4, -0.2) is 44.5 Å². The van der Waals surface area contributed by atoms with Gasteiger partial charge in [0, 0.05) is 20.2 Å². The van der Waals surface area contributed by atoms with E-state index in [-0.39, 0.29) is 0 Å². The molecule has 26 heavy (non-hydrogen) atoms. The van der Waals surface area contributed by atoms with Gasteiger partial charge in [-0.1, -0.05) is 18.2 Å². The van der Waals surface area contributed by atoms with Crippen LogP contribution in [-0.2, 0) is 11.3 Å². The van der Waals surface area contributed by atoms with Crippen molar-refractivity contribution in [2.75, 3.05) is 39.8 Å². The number of nitrogens with zero attached hydrogens (tertiary/aromatic N) is 1. The van der Waals surface area contributed by atoms with Crippen molar-refractivity contribution in [3.63, 3.8) is 0 Å². The molecular weight excluding hydrogens is 348 g/mol. The van der Waals surface area contributed by atoms with Gasteiger partial charge in [0.25, 0.3) is 0 Å². The summed E-state index contributed by atoms with van der Waals surface area (Å²) in [4.78, 5) is 2.07. The number of methoxy groups -OCH3 is 3. The summed E-state index contributed by atoms with van der Waals surface area (Å²) in [5.74, 6) is 1.60. The fourth-order valence-corrected chi connectivity index (χ4v) is 2.77. The minimum Gasteiger partial charge on any atom is -0.497 e. The molecule has 2 aromatic rings. The van der Waals surface area contributed by atoms with Gasteiger partial charge in [-0.05, 0) is 54.5 Å². The summed E-state index contributed by atoms with van der Waals surface area (Å²) in [5.41, 5.74) is 3.12. The van der Waals surface area contributed by atoms with E-state index in [4.69, 9.17) is 26.4 Å². The zero-order valence-electron chi connectivity index (χ0n) is 15.7. The molecule has 0 amide bonds. The Bertz CT molecular complexity index is 719. The number of hydrogen-bond acceptors (Lipinski definition) is 4. The van der Waals surface area contributed by atoms with Gasteiger partial charge in [-0.15, -0.1) is 0 Å². The Kier molecular flexibility index (Phi) is 7.69. The molecule has 0 atom stereocenters. The van der Waals surface area contributed by atoms with Crippen molar-refractivity contribution in [3.05, 3.63) is 53.6 Å². The maximum Gasteiger partial charge on any atom is 0.173 e. The highest BCUT2D eigenvalue weighted by Gasteiger charge is 2.13. The summed E-state index contributed by atoms with van der Waals surface area (Å²) in [6, 6.07) is 13.9. The van der Waals surface area contributed by atoms with Gasteiger partial charge in [0.05, 0.1) is 26.5 Å². The second-order valence-electron chi connectivity index (χ2n) is 5.90. The Balaban J connectivity index is 2.12. The smallest absolute Gasteiger partial charge is 0.173 e. The summed E-state index contributed by atoms with van der Waals surface area (Å²) in [6.45, 7) is 3.97. The van der Waals surface area contributed by atoms with Crippen molar-refractivity contribution in [3.8, 4) is 11.5 Å². The van der Waals surface area contributed by atoms with Gasteiger partial charge in [0.15, 0.2) is 5.11 Å². The number of benzene rings is 2. The highest BCUT2D eigenvalue weighted by Crippen LogP contribution is 2.26. The molecule has 2 aromatic carbocycles. The second-order valence-corrected chi connectivity index (χ2v) is 6.28. The zero-order valence-corrected chi connectivity index (χ0v) is 16.6. The van der Waals surface area contributed by atoms with Crippen molar-refractivity contribution in [2.24, 2.45) is 0 Å². The largest absolute Gasteiger partial charge is 0.497 e. The first-order valence-electron chi connectivity index (χ1n) is 8.39. The number of nitrogens with one attached hydrogen (secondary N) is 1. The molecule has 0 spiro atoms. The molecule has 0 saturated heterocycles. The Hall–Kier alpha value is -2.31. The van der Waals surface area contributed by atoms with Crippen molar-refractivity contribution < 1.29 is 14.2 Å². The number of thiocarbonyl (C=S) groups is 1. The lowest BCUT2D eigenvalue weighted by atomic mass is 10.2. The molecule has 5 nitrogen and oxygen atoms in total. The first kappa shape index (κ1) is 20.0. The molecule has 1 N–H and O–H groups in total. The van der Waals surface area contributed by atoms with Crippen molar-refractivity contribution in [1.82, 2.24) is 4.90 Å². The third-order valence-electron chi connectivity index (χ3n) is 3.98. The fourth-order valence-electron chi connectivity index (χ4n) is 2.50. The van der Waals surface area contributed by atoms with Crippen LogP contribution in [0, 0.1) is 6.92 Å². The van der Waals surface area contributed by atoms with E-state index in [1.54, 1.807) is 21.3 Å². The summed E-state index contributed by atoms with van der Waals surface area (Å²) in [6.07, 6.45) is 0. The normalized spacial score (nSPS) is 10.3. The molecule has 0 unspecified atom stereocenters.